The van der Waals surface area contributed by atoms with Gasteiger partial charge in [0.05, 0.1) is 0 Å². The summed E-state index contributed by atoms with van der Waals surface area (Å²) in [4.78, 5) is 14.0. The minimum absolute atomic E-state index is 0.0410. The quantitative estimate of drug-likeness (QED) is 0.762. The summed E-state index contributed by atoms with van der Waals surface area (Å²) in [5.74, 6) is 0.196. The third-order valence-corrected chi connectivity index (χ3v) is 2.37. The van der Waals surface area contributed by atoms with Crippen molar-refractivity contribution >= 4 is 11.6 Å². The molecular weight excluding hydrogens is 198 g/mol. The van der Waals surface area contributed by atoms with Gasteiger partial charge in [-0.05, 0) is 24.5 Å². The van der Waals surface area contributed by atoms with Gasteiger partial charge in [-0.2, -0.15) is 0 Å². The molecule has 0 saturated carbocycles. The monoisotopic (exact) mass is 219 g/mol. The predicted molar refractivity (Wildman–Crippen MR) is 68.5 cm³/mol. The van der Waals surface area contributed by atoms with Crippen LogP contribution in [0.3, 0.4) is 0 Å². The molecule has 0 radical (unpaired) electrons. The van der Waals surface area contributed by atoms with Gasteiger partial charge in [0.25, 0.3) is 0 Å². The third kappa shape index (κ3) is 3.69. The van der Waals surface area contributed by atoms with Crippen molar-refractivity contribution in [2.24, 2.45) is 5.41 Å². The van der Waals surface area contributed by atoms with Gasteiger partial charge in [-0.3, -0.25) is 4.79 Å². The Morgan fingerprint density at radius 3 is 2.19 bits per heavy atom. The van der Waals surface area contributed by atoms with Crippen molar-refractivity contribution in [1.29, 1.82) is 0 Å². The third-order valence-electron chi connectivity index (χ3n) is 2.37. The van der Waals surface area contributed by atoms with Crippen LogP contribution >= 0.6 is 0 Å². The largest absolute Gasteiger partial charge is 0.313 e. The number of rotatable bonds is 3. The summed E-state index contributed by atoms with van der Waals surface area (Å²) in [5, 5.41) is 0. The second-order valence-corrected chi connectivity index (χ2v) is 5.21. The Morgan fingerprint density at radius 1 is 1.19 bits per heavy atom. The van der Waals surface area contributed by atoms with E-state index in [1.165, 1.54) is 0 Å². The number of nitrogens with zero attached hydrogens (tertiary/aromatic N) is 1. The zero-order valence-corrected chi connectivity index (χ0v) is 10.7. The van der Waals surface area contributed by atoms with Crippen molar-refractivity contribution < 1.29 is 4.79 Å². The van der Waals surface area contributed by atoms with Gasteiger partial charge in [0, 0.05) is 18.7 Å². The zero-order chi connectivity index (χ0) is 12.2. The highest BCUT2D eigenvalue weighted by Gasteiger charge is 2.20. The fourth-order valence-electron chi connectivity index (χ4n) is 1.66. The fraction of sp³-hybridized carbons (Fsp3) is 0.500. The average molecular weight is 219 g/mol. The lowest BCUT2D eigenvalue weighted by atomic mass is 9.91. The summed E-state index contributed by atoms with van der Waals surface area (Å²) in [6, 6.07) is 9.84. The maximum atomic E-state index is 12.1. The molecule has 88 valence electrons. The lowest BCUT2D eigenvalue weighted by Gasteiger charge is -2.25. The maximum Gasteiger partial charge on any atom is 0.227 e. The minimum atomic E-state index is 0.0410. The lowest BCUT2D eigenvalue weighted by molar-refractivity contribution is -0.120. The van der Waals surface area contributed by atoms with Crippen molar-refractivity contribution in [1.82, 2.24) is 0 Å². The van der Waals surface area contributed by atoms with E-state index in [-0.39, 0.29) is 11.3 Å². The van der Waals surface area contributed by atoms with Crippen LogP contribution in [0.2, 0.25) is 0 Å². The number of anilines is 1. The summed E-state index contributed by atoms with van der Waals surface area (Å²) in [5.41, 5.74) is 1.03. The molecule has 0 heterocycles. The van der Waals surface area contributed by atoms with Gasteiger partial charge in [-0.25, -0.2) is 0 Å². The molecule has 1 rings (SSSR count). The first-order valence-corrected chi connectivity index (χ1v) is 5.79. The number of carbonyl (C=O) groups is 1. The van der Waals surface area contributed by atoms with Gasteiger partial charge in [-0.15, -0.1) is 0 Å². The van der Waals surface area contributed by atoms with E-state index in [1.807, 2.05) is 42.2 Å². The topological polar surface area (TPSA) is 20.3 Å². The van der Waals surface area contributed by atoms with Crippen LogP contribution in [0.1, 0.15) is 34.1 Å². The zero-order valence-electron chi connectivity index (χ0n) is 10.7. The standard InChI is InChI=1S/C14H21NO/c1-5-15(12-9-7-6-8-10-12)13(16)11-14(2,3)4/h6-10H,5,11H2,1-4H3. The van der Waals surface area contributed by atoms with Crippen molar-refractivity contribution in [2.45, 2.75) is 34.1 Å². The summed E-state index contributed by atoms with van der Waals surface area (Å²) in [6.45, 7) is 8.99. The Morgan fingerprint density at radius 2 is 1.75 bits per heavy atom. The summed E-state index contributed by atoms with van der Waals surface area (Å²) in [7, 11) is 0. The highest BCUT2D eigenvalue weighted by Crippen LogP contribution is 2.22. The van der Waals surface area contributed by atoms with E-state index >= 15 is 0 Å². The van der Waals surface area contributed by atoms with E-state index in [0.717, 1.165) is 12.2 Å². The van der Waals surface area contributed by atoms with Gasteiger partial charge in [0.1, 0.15) is 0 Å². The predicted octanol–water partition coefficient (Wildman–Crippen LogP) is 3.48. The molecule has 0 atom stereocenters. The second kappa shape index (κ2) is 5.15. The van der Waals surface area contributed by atoms with E-state index in [9.17, 15) is 4.79 Å². The van der Waals surface area contributed by atoms with Crippen molar-refractivity contribution in [3.63, 3.8) is 0 Å². The molecule has 0 bridgehead atoms. The Labute approximate surface area is 98.3 Å². The van der Waals surface area contributed by atoms with Crippen LogP contribution in [0, 0.1) is 5.41 Å². The second-order valence-electron chi connectivity index (χ2n) is 5.21. The van der Waals surface area contributed by atoms with Gasteiger partial charge in [0.15, 0.2) is 0 Å². The number of benzene rings is 1. The molecule has 1 aromatic rings. The normalized spacial score (nSPS) is 11.2. The lowest BCUT2D eigenvalue weighted by Crippen LogP contribution is -2.33. The van der Waals surface area contributed by atoms with Gasteiger partial charge in [0.2, 0.25) is 5.91 Å². The first kappa shape index (κ1) is 12.8. The molecule has 0 saturated heterocycles. The smallest absolute Gasteiger partial charge is 0.227 e. The van der Waals surface area contributed by atoms with Crippen molar-refractivity contribution in [3.8, 4) is 0 Å². The van der Waals surface area contributed by atoms with Crippen LogP contribution in [0.5, 0.6) is 0 Å². The molecule has 1 amide bonds. The molecule has 1 aromatic carbocycles. The molecule has 0 spiro atoms. The molecule has 0 N–H and O–H groups in total. The van der Waals surface area contributed by atoms with E-state index in [1.54, 1.807) is 0 Å². The Balaban J connectivity index is 2.80. The van der Waals surface area contributed by atoms with Crippen molar-refractivity contribution in [2.75, 3.05) is 11.4 Å². The molecule has 0 aliphatic carbocycles. The summed E-state index contributed by atoms with van der Waals surface area (Å²) < 4.78 is 0. The molecule has 0 aromatic heterocycles. The first-order chi connectivity index (χ1) is 7.44. The summed E-state index contributed by atoms with van der Waals surface area (Å²) in [6.07, 6.45) is 0.579. The van der Waals surface area contributed by atoms with Crippen LogP contribution in [0.15, 0.2) is 30.3 Å². The number of hydrogen-bond donors (Lipinski definition) is 0. The SMILES string of the molecule is CCN(C(=O)CC(C)(C)C)c1ccccc1. The van der Waals surface area contributed by atoms with Crippen LogP contribution in [-0.2, 0) is 4.79 Å². The molecule has 2 nitrogen and oxygen atoms in total. The molecule has 0 fully saturated rings. The summed E-state index contributed by atoms with van der Waals surface area (Å²) >= 11 is 0. The van der Waals surface area contributed by atoms with E-state index in [4.69, 9.17) is 0 Å². The Kier molecular flexibility index (Phi) is 4.11. The van der Waals surface area contributed by atoms with Crippen LogP contribution in [-0.4, -0.2) is 12.5 Å². The molecule has 16 heavy (non-hydrogen) atoms. The van der Waals surface area contributed by atoms with E-state index < -0.39 is 0 Å². The Hall–Kier alpha value is -1.31. The van der Waals surface area contributed by atoms with Crippen LogP contribution in [0.25, 0.3) is 0 Å². The highest BCUT2D eigenvalue weighted by molar-refractivity contribution is 5.93. The number of para-hydroxylation sites is 1. The minimum Gasteiger partial charge on any atom is -0.313 e. The fourth-order valence-corrected chi connectivity index (χ4v) is 1.66. The van der Waals surface area contributed by atoms with E-state index in [0.29, 0.717) is 6.42 Å². The van der Waals surface area contributed by atoms with Gasteiger partial charge in [-0.1, -0.05) is 39.0 Å². The van der Waals surface area contributed by atoms with E-state index in [2.05, 4.69) is 20.8 Å². The first-order valence-electron chi connectivity index (χ1n) is 5.79. The van der Waals surface area contributed by atoms with Crippen LogP contribution in [0.4, 0.5) is 5.69 Å². The number of carbonyl (C=O) groups excluding carboxylic acids is 1. The molecule has 0 unspecified atom stereocenters. The highest BCUT2D eigenvalue weighted by atomic mass is 16.2. The average Bonchev–Trinajstić information content (AvgIpc) is 2.17. The molecular formula is C14H21NO. The molecule has 0 aliphatic heterocycles. The maximum absolute atomic E-state index is 12.1. The van der Waals surface area contributed by atoms with Crippen molar-refractivity contribution in [3.05, 3.63) is 30.3 Å². The number of amides is 1. The van der Waals surface area contributed by atoms with Gasteiger partial charge < -0.3 is 4.90 Å². The Bertz CT molecular complexity index is 338. The van der Waals surface area contributed by atoms with Crippen LogP contribution < -0.4 is 4.90 Å². The molecule has 2 heteroatoms. The number of hydrogen-bond acceptors (Lipinski definition) is 1. The molecule has 0 aliphatic rings. The van der Waals surface area contributed by atoms with Gasteiger partial charge >= 0.3 is 0 Å².